The first-order valence-corrected chi connectivity index (χ1v) is 9.41. The molecule has 0 bridgehead atoms. The summed E-state index contributed by atoms with van der Waals surface area (Å²) in [5.74, 6) is 0.579. The molecule has 1 aromatic heterocycles. The van der Waals surface area contributed by atoms with E-state index in [0.29, 0.717) is 5.92 Å². The monoisotopic (exact) mass is 333 g/mol. The highest BCUT2D eigenvalue weighted by molar-refractivity contribution is 5.86. The zero-order valence-corrected chi connectivity index (χ0v) is 15.2. The fourth-order valence-corrected chi connectivity index (χ4v) is 3.56. The van der Waals surface area contributed by atoms with E-state index in [4.69, 9.17) is 10.7 Å². The highest BCUT2D eigenvalue weighted by atomic mass is 15.2. The van der Waals surface area contributed by atoms with Gasteiger partial charge in [-0.25, -0.2) is 0 Å². The number of hydrogen-bond acceptors (Lipinski definition) is 3. The Balaban J connectivity index is 1.55. The number of allylic oxidation sites excluding steroid dienone is 2. The number of nitrogens with two attached hydrogens (primary N) is 1. The minimum atomic E-state index is 0.0152. The molecule has 2 aliphatic rings. The van der Waals surface area contributed by atoms with E-state index < -0.39 is 0 Å². The number of hydrogen-bond donors (Lipinski definition) is 1. The summed E-state index contributed by atoms with van der Waals surface area (Å²) in [6.07, 6.45) is 10.5. The summed E-state index contributed by atoms with van der Waals surface area (Å²) >= 11 is 0. The standard InChI is InChI=1S/C22H27N3/c1-15(2)13-20(23)22-8-4-18-14-17(3-7-21(18)24-22)16-9-11-25(12-10-16)19-5-6-19/h3-4,7-11,14-15,19-20H,5-6,12-13,23H2,1-2H3. The van der Waals surface area contributed by atoms with Crippen LogP contribution >= 0.6 is 0 Å². The van der Waals surface area contributed by atoms with Gasteiger partial charge in [-0.15, -0.1) is 0 Å². The number of nitrogens with zero attached hydrogens (tertiary/aromatic N) is 2. The zero-order valence-electron chi connectivity index (χ0n) is 15.2. The molecule has 1 aliphatic heterocycles. The molecule has 0 saturated heterocycles. The van der Waals surface area contributed by atoms with Crippen molar-refractivity contribution < 1.29 is 0 Å². The van der Waals surface area contributed by atoms with Crippen molar-refractivity contribution in [2.24, 2.45) is 11.7 Å². The third-order valence-electron chi connectivity index (χ3n) is 5.13. The summed E-state index contributed by atoms with van der Waals surface area (Å²) < 4.78 is 0. The van der Waals surface area contributed by atoms with Gasteiger partial charge in [0, 0.05) is 30.2 Å². The van der Waals surface area contributed by atoms with E-state index >= 15 is 0 Å². The molecule has 0 radical (unpaired) electrons. The highest BCUT2D eigenvalue weighted by Gasteiger charge is 2.27. The summed E-state index contributed by atoms with van der Waals surface area (Å²) in [5.41, 5.74) is 10.9. The van der Waals surface area contributed by atoms with Crippen LogP contribution < -0.4 is 5.73 Å². The molecular formula is C22H27N3. The summed E-state index contributed by atoms with van der Waals surface area (Å²) in [6.45, 7) is 5.42. The van der Waals surface area contributed by atoms with Gasteiger partial charge in [0.05, 0.1) is 11.2 Å². The SMILES string of the molecule is CC(C)CC(N)c1ccc2cc(C3=CCN(C4CC4)C=C3)ccc2n1. The Labute approximate surface area is 150 Å². The summed E-state index contributed by atoms with van der Waals surface area (Å²) in [7, 11) is 0. The van der Waals surface area contributed by atoms with Gasteiger partial charge in [0.1, 0.15) is 0 Å². The second-order valence-corrected chi connectivity index (χ2v) is 7.78. The Kier molecular flexibility index (Phi) is 4.34. The molecule has 3 heteroatoms. The van der Waals surface area contributed by atoms with Gasteiger partial charge in [0.25, 0.3) is 0 Å². The molecule has 1 unspecified atom stereocenters. The quantitative estimate of drug-likeness (QED) is 0.865. The number of benzene rings is 1. The molecule has 2 N–H and O–H groups in total. The Morgan fingerprint density at radius 1 is 1.20 bits per heavy atom. The van der Waals surface area contributed by atoms with E-state index in [-0.39, 0.29) is 6.04 Å². The summed E-state index contributed by atoms with van der Waals surface area (Å²) in [4.78, 5) is 7.23. The first-order valence-electron chi connectivity index (χ1n) is 9.41. The van der Waals surface area contributed by atoms with Crippen LogP contribution in [0.2, 0.25) is 0 Å². The number of aromatic nitrogens is 1. The third kappa shape index (κ3) is 3.62. The predicted octanol–water partition coefficient (Wildman–Crippen LogP) is 4.66. The first-order chi connectivity index (χ1) is 12.1. The van der Waals surface area contributed by atoms with Gasteiger partial charge in [0.2, 0.25) is 0 Å². The molecule has 25 heavy (non-hydrogen) atoms. The maximum atomic E-state index is 6.29. The lowest BCUT2D eigenvalue weighted by Crippen LogP contribution is -2.21. The van der Waals surface area contributed by atoms with Crippen molar-refractivity contribution in [2.45, 2.75) is 45.2 Å². The number of fused-ring (bicyclic) bond motifs is 1. The van der Waals surface area contributed by atoms with Gasteiger partial charge in [0.15, 0.2) is 0 Å². The average Bonchev–Trinajstić information content (AvgIpc) is 3.45. The zero-order chi connectivity index (χ0) is 17.4. The smallest absolute Gasteiger partial charge is 0.0706 e. The molecular weight excluding hydrogens is 306 g/mol. The molecule has 1 fully saturated rings. The van der Waals surface area contributed by atoms with Crippen molar-refractivity contribution in [1.29, 1.82) is 0 Å². The van der Waals surface area contributed by atoms with Crippen LogP contribution in [0.5, 0.6) is 0 Å². The van der Waals surface area contributed by atoms with Crippen molar-refractivity contribution in [2.75, 3.05) is 6.54 Å². The molecule has 1 atom stereocenters. The van der Waals surface area contributed by atoms with Crippen LogP contribution in [-0.2, 0) is 0 Å². The lowest BCUT2D eigenvalue weighted by molar-refractivity contribution is 0.403. The molecule has 2 aromatic rings. The third-order valence-corrected chi connectivity index (χ3v) is 5.13. The normalized spacial score (nSPS) is 18.7. The van der Waals surface area contributed by atoms with Gasteiger partial charge in [-0.1, -0.05) is 32.1 Å². The molecule has 130 valence electrons. The van der Waals surface area contributed by atoms with E-state index in [9.17, 15) is 0 Å². The Hall–Kier alpha value is -2.13. The van der Waals surface area contributed by atoms with Crippen LogP contribution in [0.1, 0.15) is 50.4 Å². The van der Waals surface area contributed by atoms with Gasteiger partial charge >= 0.3 is 0 Å². The predicted molar refractivity (Wildman–Crippen MR) is 105 cm³/mol. The summed E-state index contributed by atoms with van der Waals surface area (Å²) in [6, 6.07) is 11.6. The fraction of sp³-hybridized carbons (Fsp3) is 0.409. The second-order valence-electron chi connectivity index (χ2n) is 7.78. The van der Waals surface area contributed by atoms with Crippen molar-refractivity contribution in [1.82, 2.24) is 9.88 Å². The average molecular weight is 333 g/mol. The number of rotatable bonds is 5. The molecule has 0 amide bonds. The largest absolute Gasteiger partial charge is 0.371 e. The Morgan fingerprint density at radius 2 is 2.04 bits per heavy atom. The van der Waals surface area contributed by atoms with Crippen molar-refractivity contribution >= 4 is 16.5 Å². The van der Waals surface area contributed by atoms with Crippen LogP contribution in [-0.4, -0.2) is 22.5 Å². The fourth-order valence-electron chi connectivity index (χ4n) is 3.56. The topological polar surface area (TPSA) is 42.1 Å². The Bertz CT molecular complexity index is 830. The van der Waals surface area contributed by atoms with Crippen molar-refractivity contribution in [3.63, 3.8) is 0 Å². The molecule has 1 aromatic carbocycles. The lowest BCUT2D eigenvalue weighted by Gasteiger charge is -2.22. The van der Waals surface area contributed by atoms with E-state index in [1.165, 1.54) is 29.4 Å². The molecule has 1 aliphatic carbocycles. The highest BCUT2D eigenvalue weighted by Crippen LogP contribution is 2.31. The minimum absolute atomic E-state index is 0.0152. The van der Waals surface area contributed by atoms with Gasteiger partial charge in [-0.3, -0.25) is 4.98 Å². The second kappa shape index (κ2) is 6.64. The van der Waals surface area contributed by atoms with Crippen LogP contribution in [0.15, 0.2) is 48.7 Å². The van der Waals surface area contributed by atoms with Gasteiger partial charge in [-0.2, -0.15) is 0 Å². The molecule has 4 rings (SSSR count). The van der Waals surface area contributed by atoms with Crippen LogP contribution in [0.3, 0.4) is 0 Å². The molecule has 0 spiro atoms. The molecule has 1 saturated carbocycles. The Morgan fingerprint density at radius 3 is 2.72 bits per heavy atom. The first kappa shape index (κ1) is 16.3. The van der Waals surface area contributed by atoms with Crippen LogP contribution in [0.4, 0.5) is 0 Å². The maximum Gasteiger partial charge on any atom is 0.0706 e. The van der Waals surface area contributed by atoms with Crippen LogP contribution in [0, 0.1) is 5.92 Å². The van der Waals surface area contributed by atoms with E-state index in [1.807, 2.05) is 0 Å². The number of pyridine rings is 1. The summed E-state index contributed by atoms with van der Waals surface area (Å²) in [5, 5.41) is 1.18. The van der Waals surface area contributed by atoms with Crippen molar-refractivity contribution in [3.05, 3.63) is 59.9 Å². The van der Waals surface area contributed by atoms with Crippen molar-refractivity contribution in [3.8, 4) is 0 Å². The van der Waals surface area contributed by atoms with Gasteiger partial charge < -0.3 is 10.6 Å². The maximum absolute atomic E-state index is 6.29. The lowest BCUT2D eigenvalue weighted by atomic mass is 9.99. The molecule has 3 nitrogen and oxygen atoms in total. The molecule has 2 heterocycles. The van der Waals surface area contributed by atoms with Gasteiger partial charge in [-0.05, 0) is 60.6 Å². The van der Waals surface area contributed by atoms with Crippen LogP contribution in [0.25, 0.3) is 16.5 Å². The van der Waals surface area contributed by atoms with E-state index in [0.717, 1.165) is 30.2 Å². The van der Waals surface area contributed by atoms with E-state index in [2.05, 4.69) is 67.4 Å². The minimum Gasteiger partial charge on any atom is -0.371 e. The van der Waals surface area contributed by atoms with E-state index in [1.54, 1.807) is 0 Å².